The third kappa shape index (κ3) is 3.44. The number of hydrogen-bond acceptors (Lipinski definition) is 6. The van der Waals surface area contributed by atoms with Gasteiger partial charge in [0.2, 0.25) is 0 Å². The standard InChI is InChI=1S/C8H11NO5/c1-6(11)12-2-3-13-8-4-7(5-10)14-9-8/h4,10H,2-3,5H2,1H3. The van der Waals surface area contributed by atoms with Gasteiger partial charge in [0.05, 0.1) is 0 Å². The maximum Gasteiger partial charge on any atom is 0.302 e. The van der Waals surface area contributed by atoms with E-state index in [0.29, 0.717) is 5.76 Å². The van der Waals surface area contributed by atoms with E-state index in [0.717, 1.165) is 0 Å². The Balaban J connectivity index is 2.21. The molecule has 0 bridgehead atoms. The van der Waals surface area contributed by atoms with Crippen LogP contribution in [0.2, 0.25) is 0 Å². The normalized spacial score (nSPS) is 9.86. The molecule has 0 amide bonds. The van der Waals surface area contributed by atoms with E-state index in [9.17, 15) is 4.79 Å². The molecule has 0 aliphatic heterocycles. The molecule has 6 nitrogen and oxygen atoms in total. The van der Waals surface area contributed by atoms with Gasteiger partial charge >= 0.3 is 5.97 Å². The molecule has 1 aromatic heterocycles. The minimum absolute atomic E-state index is 0.163. The Morgan fingerprint density at radius 1 is 1.64 bits per heavy atom. The lowest BCUT2D eigenvalue weighted by Crippen LogP contribution is -2.09. The summed E-state index contributed by atoms with van der Waals surface area (Å²) in [5.41, 5.74) is 0. The fraction of sp³-hybridized carbons (Fsp3) is 0.500. The first-order chi connectivity index (χ1) is 6.72. The van der Waals surface area contributed by atoms with E-state index in [1.165, 1.54) is 13.0 Å². The highest BCUT2D eigenvalue weighted by Crippen LogP contribution is 2.10. The van der Waals surface area contributed by atoms with E-state index < -0.39 is 0 Å². The Bertz CT molecular complexity index is 296. The van der Waals surface area contributed by atoms with E-state index in [-0.39, 0.29) is 31.7 Å². The largest absolute Gasteiger partial charge is 0.472 e. The highest BCUT2D eigenvalue weighted by molar-refractivity contribution is 5.65. The first kappa shape index (κ1) is 10.5. The van der Waals surface area contributed by atoms with Gasteiger partial charge in [-0.15, -0.1) is 0 Å². The van der Waals surface area contributed by atoms with E-state index >= 15 is 0 Å². The molecule has 1 N–H and O–H groups in total. The lowest BCUT2D eigenvalue weighted by atomic mass is 10.5. The van der Waals surface area contributed by atoms with Gasteiger partial charge < -0.3 is 19.1 Å². The summed E-state index contributed by atoms with van der Waals surface area (Å²) in [6.07, 6.45) is 0. The molecule has 0 spiro atoms. The van der Waals surface area contributed by atoms with Crippen molar-refractivity contribution in [3.05, 3.63) is 11.8 Å². The summed E-state index contributed by atoms with van der Waals surface area (Å²) in [5.74, 6) is 0.235. The molecule has 0 saturated heterocycles. The molecular formula is C8H11NO5. The summed E-state index contributed by atoms with van der Waals surface area (Å²) >= 11 is 0. The Hall–Kier alpha value is -1.56. The van der Waals surface area contributed by atoms with Crippen molar-refractivity contribution in [2.75, 3.05) is 13.2 Å². The predicted octanol–water partition coefficient (Wildman–Crippen LogP) is 0.109. The van der Waals surface area contributed by atoms with Crippen LogP contribution >= 0.6 is 0 Å². The summed E-state index contributed by atoms with van der Waals surface area (Å²) in [4.78, 5) is 10.4. The molecule has 0 aromatic carbocycles. The molecule has 0 saturated carbocycles. The van der Waals surface area contributed by atoms with Crippen LogP contribution in [-0.2, 0) is 16.1 Å². The smallest absolute Gasteiger partial charge is 0.302 e. The molecule has 6 heteroatoms. The van der Waals surface area contributed by atoms with Gasteiger partial charge in [0.25, 0.3) is 5.88 Å². The molecule has 1 aromatic rings. The number of hydrogen-bond donors (Lipinski definition) is 1. The average molecular weight is 201 g/mol. The van der Waals surface area contributed by atoms with Gasteiger partial charge in [0.15, 0.2) is 5.76 Å². The third-order valence-corrected chi connectivity index (χ3v) is 1.33. The number of carbonyl (C=O) groups excluding carboxylic acids is 1. The molecule has 0 atom stereocenters. The maximum absolute atomic E-state index is 10.4. The number of aliphatic hydroxyl groups is 1. The molecule has 0 unspecified atom stereocenters. The van der Waals surface area contributed by atoms with E-state index in [1.807, 2.05) is 0 Å². The number of nitrogens with zero attached hydrogens (tertiary/aromatic N) is 1. The maximum atomic E-state index is 10.4. The lowest BCUT2D eigenvalue weighted by Gasteiger charge is -2.01. The number of ether oxygens (including phenoxy) is 2. The topological polar surface area (TPSA) is 81.8 Å². The third-order valence-electron chi connectivity index (χ3n) is 1.33. The molecule has 0 fully saturated rings. The molecule has 0 aliphatic rings. The molecule has 78 valence electrons. The minimum Gasteiger partial charge on any atom is -0.472 e. The SMILES string of the molecule is CC(=O)OCCOc1cc(CO)on1. The number of aliphatic hydroxyl groups excluding tert-OH is 1. The van der Waals surface area contributed by atoms with Gasteiger partial charge in [-0.05, 0) is 5.16 Å². The second kappa shape index (κ2) is 5.23. The second-order valence-corrected chi connectivity index (χ2v) is 2.48. The van der Waals surface area contributed by atoms with Crippen LogP contribution < -0.4 is 4.74 Å². The molecule has 1 heterocycles. The zero-order valence-electron chi connectivity index (χ0n) is 7.73. The van der Waals surface area contributed by atoms with Crippen LogP contribution in [0.1, 0.15) is 12.7 Å². The zero-order chi connectivity index (χ0) is 10.4. The van der Waals surface area contributed by atoms with Crippen molar-refractivity contribution in [2.45, 2.75) is 13.5 Å². The Labute approximate surface area is 80.4 Å². The van der Waals surface area contributed by atoms with Crippen molar-refractivity contribution in [2.24, 2.45) is 0 Å². The number of rotatable bonds is 5. The van der Waals surface area contributed by atoms with Crippen LogP contribution in [0, 0.1) is 0 Å². The van der Waals surface area contributed by atoms with Gasteiger partial charge in [-0.1, -0.05) is 0 Å². The fourth-order valence-corrected chi connectivity index (χ4v) is 0.768. The van der Waals surface area contributed by atoms with Crippen molar-refractivity contribution in [3.8, 4) is 5.88 Å². The highest BCUT2D eigenvalue weighted by Gasteiger charge is 2.03. The highest BCUT2D eigenvalue weighted by atomic mass is 16.6. The van der Waals surface area contributed by atoms with E-state index in [2.05, 4.69) is 14.4 Å². The van der Waals surface area contributed by atoms with Gasteiger partial charge in [-0.3, -0.25) is 4.79 Å². The Morgan fingerprint density at radius 3 is 3.00 bits per heavy atom. The number of aromatic nitrogens is 1. The number of esters is 1. The Kier molecular flexibility index (Phi) is 3.93. The predicted molar refractivity (Wildman–Crippen MR) is 44.6 cm³/mol. The molecule has 14 heavy (non-hydrogen) atoms. The van der Waals surface area contributed by atoms with Crippen LogP contribution in [0.4, 0.5) is 0 Å². The van der Waals surface area contributed by atoms with Gasteiger partial charge in [-0.2, -0.15) is 0 Å². The van der Waals surface area contributed by atoms with Gasteiger partial charge in [0, 0.05) is 13.0 Å². The van der Waals surface area contributed by atoms with Gasteiger partial charge in [0.1, 0.15) is 19.8 Å². The molecular weight excluding hydrogens is 190 g/mol. The summed E-state index contributed by atoms with van der Waals surface area (Å²) in [7, 11) is 0. The first-order valence-electron chi connectivity index (χ1n) is 4.05. The zero-order valence-corrected chi connectivity index (χ0v) is 7.73. The first-order valence-corrected chi connectivity index (χ1v) is 4.05. The molecule has 0 radical (unpaired) electrons. The lowest BCUT2D eigenvalue weighted by molar-refractivity contribution is -0.141. The quantitative estimate of drug-likeness (QED) is 0.537. The number of carbonyl (C=O) groups is 1. The summed E-state index contributed by atoms with van der Waals surface area (Å²) in [6, 6.07) is 1.47. The van der Waals surface area contributed by atoms with Crippen molar-refractivity contribution in [1.29, 1.82) is 0 Å². The second-order valence-electron chi connectivity index (χ2n) is 2.48. The molecule has 0 aliphatic carbocycles. The molecule has 1 rings (SSSR count). The van der Waals surface area contributed by atoms with Crippen LogP contribution in [0.25, 0.3) is 0 Å². The van der Waals surface area contributed by atoms with Crippen LogP contribution in [0.5, 0.6) is 5.88 Å². The minimum atomic E-state index is -0.357. The van der Waals surface area contributed by atoms with Crippen LogP contribution in [-0.4, -0.2) is 29.4 Å². The van der Waals surface area contributed by atoms with Crippen molar-refractivity contribution in [3.63, 3.8) is 0 Å². The van der Waals surface area contributed by atoms with E-state index in [1.54, 1.807) is 0 Å². The van der Waals surface area contributed by atoms with Crippen molar-refractivity contribution < 1.29 is 23.9 Å². The monoisotopic (exact) mass is 201 g/mol. The summed E-state index contributed by atoms with van der Waals surface area (Å²) in [5, 5.41) is 12.1. The van der Waals surface area contributed by atoms with E-state index in [4.69, 9.17) is 9.84 Å². The van der Waals surface area contributed by atoms with Gasteiger partial charge in [-0.25, -0.2) is 0 Å². The average Bonchev–Trinajstić information content (AvgIpc) is 2.60. The summed E-state index contributed by atoms with van der Waals surface area (Å²) < 4.78 is 14.3. The van der Waals surface area contributed by atoms with Crippen LogP contribution in [0.15, 0.2) is 10.6 Å². The Morgan fingerprint density at radius 2 is 2.43 bits per heavy atom. The summed E-state index contributed by atoms with van der Waals surface area (Å²) in [6.45, 7) is 1.47. The van der Waals surface area contributed by atoms with Crippen molar-refractivity contribution >= 4 is 5.97 Å². The van der Waals surface area contributed by atoms with Crippen molar-refractivity contribution in [1.82, 2.24) is 5.16 Å². The fourth-order valence-electron chi connectivity index (χ4n) is 0.768. The van der Waals surface area contributed by atoms with Crippen LogP contribution in [0.3, 0.4) is 0 Å².